The second-order valence-corrected chi connectivity index (χ2v) is 10.4. The molecule has 3 aromatic carbocycles. The Bertz CT molecular complexity index is 1330. The number of nitrogens with one attached hydrogen (secondary N) is 1. The number of hydrogen-bond acceptors (Lipinski definition) is 7. The van der Waals surface area contributed by atoms with Crippen molar-refractivity contribution in [3.05, 3.63) is 82.3 Å². The molecule has 0 heterocycles. The van der Waals surface area contributed by atoms with Crippen molar-refractivity contribution in [2.75, 3.05) is 27.3 Å². The van der Waals surface area contributed by atoms with Crippen LogP contribution in [0.15, 0.2) is 81.2 Å². The van der Waals surface area contributed by atoms with Crippen LogP contribution in [0.5, 0.6) is 17.2 Å². The van der Waals surface area contributed by atoms with E-state index < -0.39 is 22.5 Å². The summed E-state index contributed by atoms with van der Waals surface area (Å²) >= 11 is 3.30. The summed E-state index contributed by atoms with van der Waals surface area (Å²) in [7, 11) is -1.21. The first kappa shape index (κ1) is 27.2. The minimum Gasteiger partial charge on any atom is -0.507 e. The summed E-state index contributed by atoms with van der Waals surface area (Å²) in [5, 5.41) is 13.8. The first-order valence-electron chi connectivity index (χ1n) is 10.8. The van der Waals surface area contributed by atoms with Gasteiger partial charge in [-0.05, 0) is 42.3 Å². The standard InChI is InChI=1S/C25H26BrN3O6S/c1-34-23-11-9-21(15-24(23)35-2)36(32,33)29(13-12-18-6-4-3-5-7-18)17-25(31)28-27-16-19-14-20(26)8-10-22(19)30/h3-11,14-16,30H,12-13,17H2,1-2H3,(H,28,31)/b27-16-. The van der Waals surface area contributed by atoms with Gasteiger partial charge in [0, 0.05) is 22.6 Å². The number of sulfonamides is 1. The zero-order valence-corrected chi connectivity index (χ0v) is 22.1. The maximum absolute atomic E-state index is 13.5. The summed E-state index contributed by atoms with van der Waals surface area (Å²) in [6, 6.07) is 18.4. The fourth-order valence-corrected chi connectivity index (χ4v) is 5.10. The van der Waals surface area contributed by atoms with E-state index in [1.807, 2.05) is 30.3 Å². The third-order valence-corrected chi connectivity index (χ3v) is 7.52. The van der Waals surface area contributed by atoms with Crippen LogP contribution in [0.3, 0.4) is 0 Å². The van der Waals surface area contributed by atoms with Gasteiger partial charge in [-0.2, -0.15) is 9.41 Å². The lowest BCUT2D eigenvalue weighted by Gasteiger charge is -2.22. The molecule has 0 saturated heterocycles. The topological polar surface area (TPSA) is 118 Å². The minimum atomic E-state index is -4.07. The lowest BCUT2D eigenvalue weighted by atomic mass is 10.1. The van der Waals surface area contributed by atoms with Crippen molar-refractivity contribution in [2.24, 2.45) is 5.10 Å². The van der Waals surface area contributed by atoms with E-state index in [9.17, 15) is 18.3 Å². The van der Waals surface area contributed by atoms with E-state index in [4.69, 9.17) is 9.47 Å². The van der Waals surface area contributed by atoms with Crippen LogP contribution in [0.4, 0.5) is 0 Å². The second kappa shape index (κ2) is 12.5. The Hall–Kier alpha value is -3.41. The molecule has 3 rings (SSSR count). The molecule has 0 spiro atoms. The molecule has 0 fully saturated rings. The zero-order valence-electron chi connectivity index (χ0n) is 19.7. The number of rotatable bonds is 11. The highest BCUT2D eigenvalue weighted by Crippen LogP contribution is 2.30. The van der Waals surface area contributed by atoms with Gasteiger partial charge < -0.3 is 14.6 Å². The normalized spacial score (nSPS) is 11.6. The number of methoxy groups -OCH3 is 2. The largest absolute Gasteiger partial charge is 0.507 e. The number of hydrogen-bond donors (Lipinski definition) is 2. The highest BCUT2D eigenvalue weighted by atomic mass is 79.9. The Kier molecular flexibility index (Phi) is 9.45. The van der Waals surface area contributed by atoms with Gasteiger partial charge in [0.2, 0.25) is 10.0 Å². The fourth-order valence-electron chi connectivity index (χ4n) is 3.31. The van der Waals surface area contributed by atoms with Crippen molar-refractivity contribution in [3.63, 3.8) is 0 Å². The molecular weight excluding hydrogens is 550 g/mol. The molecule has 0 aliphatic heterocycles. The molecule has 0 unspecified atom stereocenters. The molecule has 9 nitrogen and oxygen atoms in total. The van der Waals surface area contributed by atoms with E-state index in [1.54, 1.807) is 12.1 Å². The number of ether oxygens (including phenoxy) is 2. The highest BCUT2D eigenvalue weighted by Gasteiger charge is 2.27. The van der Waals surface area contributed by atoms with Crippen molar-refractivity contribution >= 4 is 38.1 Å². The summed E-state index contributed by atoms with van der Waals surface area (Å²) in [6.07, 6.45) is 1.67. The molecule has 3 aromatic rings. The van der Waals surface area contributed by atoms with Gasteiger partial charge in [-0.1, -0.05) is 46.3 Å². The summed E-state index contributed by atoms with van der Waals surface area (Å²) in [4.78, 5) is 12.6. The first-order valence-corrected chi connectivity index (χ1v) is 13.0. The molecule has 0 atom stereocenters. The number of phenols is 1. The third-order valence-electron chi connectivity index (χ3n) is 5.19. The van der Waals surface area contributed by atoms with E-state index >= 15 is 0 Å². The van der Waals surface area contributed by atoms with Crippen molar-refractivity contribution in [1.82, 2.24) is 9.73 Å². The summed E-state index contributed by atoms with van der Waals surface area (Å²) in [6.45, 7) is -0.407. The van der Waals surface area contributed by atoms with E-state index in [0.29, 0.717) is 17.7 Å². The molecular formula is C25H26BrN3O6S. The molecule has 1 amide bonds. The van der Waals surface area contributed by atoms with Crippen LogP contribution in [0.2, 0.25) is 0 Å². The van der Waals surface area contributed by atoms with E-state index in [1.165, 1.54) is 44.7 Å². The molecule has 2 N–H and O–H groups in total. The maximum atomic E-state index is 13.5. The van der Waals surface area contributed by atoms with Crippen LogP contribution in [0.25, 0.3) is 0 Å². The summed E-state index contributed by atoms with van der Waals surface area (Å²) in [5.74, 6) is -0.0193. The number of carbonyl (C=O) groups is 1. The second-order valence-electron chi connectivity index (χ2n) is 7.59. The number of halogens is 1. The molecule has 0 aliphatic rings. The Balaban J connectivity index is 1.81. The molecule has 0 aromatic heterocycles. The van der Waals surface area contributed by atoms with Gasteiger partial charge in [0.25, 0.3) is 5.91 Å². The molecule has 11 heteroatoms. The van der Waals surface area contributed by atoms with Crippen LogP contribution < -0.4 is 14.9 Å². The smallest absolute Gasteiger partial charge is 0.255 e. The number of phenolic OH excluding ortho intramolecular Hbond substituents is 1. The first-order chi connectivity index (χ1) is 17.2. The number of carbonyl (C=O) groups excluding carboxylic acids is 1. The van der Waals surface area contributed by atoms with Crippen LogP contribution >= 0.6 is 15.9 Å². The van der Waals surface area contributed by atoms with Gasteiger partial charge in [-0.3, -0.25) is 4.79 Å². The van der Waals surface area contributed by atoms with Crippen molar-refractivity contribution in [2.45, 2.75) is 11.3 Å². The zero-order chi connectivity index (χ0) is 26.1. The average molecular weight is 576 g/mol. The molecule has 190 valence electrons. The van der Waals surface area contributed by atoms with Gasteiger partial charge in [-0.25, -0.2) is 13.8 Å². The van der Waals surface area contributed by atoms with Crippen molar-refractivity contribution in [3.8, 4) is 17.2 Å². The van der Waals surface area contributed by atoms with Gasteiger partial charge in [-0.15, -0.1) is 0 Å². The van der Waals surface area contributed by atoms with Crippen LogP contribution in [0.1, 0.15) is 11.1 Å². The minimum absolute atomic E-state index is 0.0169. The number of hydrazone groups is 1. The molecule has 0 radical (unpaired) electrons. The van der Waals surface area contributed by atoms with Gasteiger partial charge in [0.1, 0.15) is 5.75 Å². The Labute approximate surface area is 218 Å². The van der Waals surface area contributed by atoms with E-state index in [-0.39, 0.29) is 22.9 Å². The van der Waals surface area contributed by atoms with Gasteiger partial charge in [0.15, 0.2) is 11.5 Å². The molecule has 0 bridgehead atoms. The number of benzene rings is 3. The fraction of sp³-hybridized carbons (Fsp3) is 0.200. The molecule has 0 aliphatic carbocycles. The average Bonchev–Trinajstić information content (AvgIpc) is 2.88. The van der Waals surface area contributed by atoms with Crippen molar-refractivity contribution < 1.29 is 27.8 Å². The predicted molar refractivity (Wildman–Crippen MR) is 140 cm³/mol. The maximum Gasteiger partial charge on any atom is 0.255 e. The van der Waals surface area contributed by atoms with Gasteiger partial charge in [0.05, 0.1) is 31.9 Å². The quantitative estimate of drug-likeness (QED) is 0.266. The lowest BCUT2D eigenvalue weighted by molar-refractivity contribution is -0.121. The Morgan fingerprint density at radius 2 is 1.78 bits per heavy atom. The molecule has 0 saturated carbocycles. The van der Waals surface area contributed by atoms with Crippen molar-refractivity contribution in [1.29, 1.82) is 0 Å². The molecule has 36 heavy (non-hydrogen) atoms. The van der Waals surface area contributed by atoms with E-state index in [0.717, 1.165) is 14.3 Å². The van der Waals surface area contributed by atoms with Crippen LogP contribution in [-0.4, -0.2) is 57.3 Å². The monoisotopic (exact) mass is 575 g/mol. The number of aromatic hydroxyl groups is 1. The van der Waals surface area contributed by atoms with Gasteiger partial charge >= 0.3 is 0 Å². The SMILES string of the molecule is COc1ccc(S(=O)(=O)N(CCc2ccccc2)CC(=O)N/N=C\c2cc(Br)ccc2O)cc1OC. The highest BCUT2D eigenvalue weighted by molar-refractivity contribution is 9.10. The van der Waals surface area contributed by atoms with E-state index in [2.05, 4.69) is 26.5 Å². The summed E-state index contributed by atoms with van der Waals surface area (Å²) < 4.78 is 39.3. The van der Waals surface area contributed by atoms with Crippen LogP contribution in [0, 0.1) is 0 Å². The predicted octanol–water partition coefficient (Wildman–Crippen LogP) is 3.56. The Morgan fingerprint density at radius 1 is 1.06 bits per heavy atom. The lowest BCUT2D eigenvalue weighted by Crippen LogP contribution is -2.40. The Morgan fingerprint density at radius 3 is 2.47 bits per heavy atom. The third kappa shape index (κ3) is 7.06. The number of nitrogens with zero attached hydrogens (tertiary/aromatic N) is 2. The van der Waals surface area contributed by atoms with Crippen LogP contribution in [-0.2, 0) is 21.2 Å². The summed E-state index contributed by atoms with van der Waals surface area (Å²) in [5.41, 5.74) is 3.63. The number of amides is 1.